The fourth-order valence-electron chi connectivity index (χ4n) is 5.36. The Kier molecular flexibility index (Phi) is 22.6. The van der Waals surface area contributed by atoms with Crippen LogP contribution in [0.3, 0.4) is 0 Å². The van der Waals surface area contributed by atoms with Gasteiger partial charge in [-0.15, -0.1) is 0 Å². The van der Waals surface area contributed by atoms with Gasteiger partial charge in [-0.3, -0.25) is 33.8 Å². The predicted molar refractivity (Wildman–Crippen MR) is 200 cm³/mol. The second-order valence-electron chi connectivity index (χ2n) is 14.8. The molecule has 13 N–H and O–H groups in total. The van der Waals surface area contributed by atoms with Crippen LogP contribution in [0.5, 0.6) is 0 Å². The molecule has 0 saturated carbocycles. The molecule has 5 amide bonds. The molecule has 0 aromatic rings. The molecule has 0 aliphatic carbocycles. The minimum Gasteiger partial charge on any atom is -0.481 e. The summed E-state index contributed by atoms with van der Waals surface area (Å²) < 4.78 is 0. The van der Waals surface area contributed by atoms with Gasteiger partial charge in [-0.2, -0.15) is 0 Å². The fourth-order valence-corrected chi connectivity index (χ4v) is 5.36. The Balaban J connectivity index is 6.40. The normalized spacial score (nSPS) is 15.2. The molecule has 0 aromatic carbocycles. The molecule has 0 fully saturated rings. The lowest BCUT2D eigenvalue weighted by Crippen LogP contribution is -2.60. The van der Waals surface area contributed by atoms with Crippen LogP contribution >= 0.6 is 0 Å². The standard InChI is InChI=1S/C35H65N9O9/c1-9-21(8)28(33(51)42-25(16-19(4)5)32(50)43-26(34(52)53)17-20(6)7)44-31(49)23(11-10-14-39-35(37)38)41-30(48)24(12-13-27(45)46)40-29(47)22(36)15-18(2)3/h18-26,28H,9-17,36H2,1-8H3,(H,40,47)(H,41,48)(H,42,51)(H,43,50)(H,44,49)(H,45,46)(H,52,53)(H4,37,38,39)/t21-,22-,23-,24-,25-,26-,28-/m0/s1. The molecular weight excluding hydrogens is 690 g/mol. The number of amides is 5. The quantitative estimate of drug-likeness (QED) is 0.0315. The van der Waals surface area contributed by atoms with Crippen LogP contribution in [0, 0.1) is 23.7 Å². The molecule has 0 bridgehead atoms. The van der Waals surface area contributed by atoms with Crippen LogP contribution in [-0.2, 0) is 33.6 Å². The summed E-state index contributed by atoms with van der Waals surface area (Å²) in [5.74, 6) is -6.74. The second kappa shape index (κ2) is 24.7. The Hall–Kier alpha value is -4.48. The molecule has 0 heterocycles. The van der Waals surface area contributed by atoms with Crippen LogP contribution in [0.2, 0.25) is 0 Å². The van der Waals surface area contributed by atoms with E-state index in [9.17, 15) is 43.8 Å². The maximum Gasteiger partial charge on any atom is 0.326 e. The van der Waals surface area contributed by atoms with Gasteiger partial charge in [0.1, 0.15) is 30.2 Å². The minimum absolute atomic E-state index is 0.0134. The Morgan fingerprint density at radius 1 is 0.604 bits per heavy atom. The number of carboxylic acids is 2. The van der Waals surface area contributed by atoms with E-state index in [0.717, 1.165) is 0 Å². The maximum atomic E-state index is 13.9. The Labute approximate surface area is 313 Å². The van der Waals surface area contributed by atoms with Crippen LogP contribution < -0.4 is 43.8 Å². The van der Waals surface area contributed by atoms with Gasteiger partial charge in [0.15, 0.2) is 5.96 Å². The molecule has 0 spiro atoms. The molecule has 18 nitrogen and oxygen atoms in total. The number of aliphatic carboxylic acids is 2. The lowest BCUT2D eigenvalue weighted by Gasteiger charge is -2.30. The fraction of sp³-hybridized carbons (Fsp3) is 0.771. The molecule has 0 radical (unpaired) electrons. The lowest BCUT2D eigenvalue weighted by atomic mass is 9.95. The molecule has 0 aromatic heterocycles. The molecule has 0 unspecified atom stereocenters. The summed E-state index contributed by atoms with van der Waals surface area (Å²) in [6.07, 6.45) is 0.533. The third-order valence-electron chi connectivity index (χ3n) is 8.38. The Morgan fingerprint density at radius 2 is 1.06 bits per heavy atom. The number of aliphatic imine (C=N–C) groups is 1. The minimum atomic E-state index is -1.35. The van der Waals surface area contributed by atoms with Crippen molar-refractivity contribution in [3.05, 3.63) is 0 Å². The van der Waals surface area contributed by atoms with Gasteiger partial charge < -0.3 is 54.0 Å². The van der Waals surface area contributed by atoms with Crippen molar-refractivity contribution in [3.8, 4) is 0 Å². The number of hydrogen-bond acceptors (Lipinski definition) is 9. The van der Waals surface area contributed by atoms with Gasteiger partial charge in [0.05, 0.1) is 6.04 Å². The predicted octanol–water partition coefficient (Wildman–Crippen LogP) is -0.0749. The summed E-state index contributed by atoms with van der Waals surface area (Å²) in [5, 5.41) is 32.0. The summed E-state index contributed by atoms with van der Waals surface area (Å²) in [7, 11) is 0. The van der Waals surface area contributed by atoms with E-state index in [4.69, 9.17) is 17.2 Å². The van der Waals surface area contributed by atoms with E-state index in [1.165, 1.54) is 0 Å². The topological polar surface area (TPSA) is 311 Å². The largest absolute Gasteiger partial charge is 0.481 e. The van der Waals surface area contributed by atoms with Gasteiger partial charge in [-0.05, 0) is 62.2 Å². The summed E-state index contributed by atoms with van der Waals surface area (Å²) in [5.41, 5.74) is 16.8. The molecular formula is C35H65N9O9. The molecule has 7 atom stereocenters. The van der Waals surface area contributed by atoms with Gasteiger partial charge >= 0.3 is 11.9 Å². The van der Waals surface area contributed by atoms with E-state index in [1.54, 1.807) is 13.8 Å². The maximum absolute atomic E-state index is 13.9. The average molecular weight is 756 g/mol. The van der Waals surface area contributed by atoms with Crippen LogP contribution in [0.25, 0.3) is 0 Å². The third kappa shape index (κ3) is 20.4. The first-order valence-corrected chi connectivity index (χ1v) is 18.4. The number of rotatable bonds is 26. The number of nitrogens with two attached hydrogens (primary N) is 3. The Bertz CT molecular complexity index is 1260. The summed E-state index contributed by atoms with van der Waals surface area (Å²) >= 11 is 0. The van der Waals surface area contributed by atoms with Crippen LogP contribution in [0.15, 0.2) is 4.99 Å². The van der Waals surface area contributed by atoms with Crippen LogP contribution in [0.4, 0.5) is 0 Å². The van der Waals surface area contributed by atoms with Crippen molar-refractivity contribution in [3.63, 3.8) is 0 Å². The van der Waals surface area contributed by atoms with Crippen molar-refractivity contribution in [2.24, 2.45) is 45.9 Å². The van der Waals surface area contributed by atoms with E-state index in [0.29, 0.717) is 12.8 Å². The third-order valence-corrected chi connectivity index (χ3v) is 8.38. The highest BCUT2D eigenvalue weighted by atomic mass is 16.4. The number of carboxylic acid groups (broad SMARTS) is 2. The van der Waals surface area contributed by atoms with E-state index in [1.807, 2.05) is 41.5 Å². The number of hydrogen-bond donors (Lipinski definition) is 10. The molecule has 0 rings (SSSR count). The van der Waals surface area contributed by atoms with Gasteiger partial charge in [-0.25, -0.2) is 4.79 Å². The molecule has 0 saturated heterocycles. The zero-order valence-electron chi connectivity index (χ0n) is 32.6. The second-order valence-corrected chi connectivity index (χ2v) is 14.8. The zero-order valence-corrected chi connectivity index (χ0v) is 32.6. The van der Waals surface area contributed by atoms with Crippen LogP contribution in [-0.4, -0.2) is 100 Å². The van der Waals surface area contributed by atoms with E-state index in [2.05, 4.69) is 31.6 Å². The van der Waals surface area contributed by atoms with Crippen molar-refractivity contribution in [1.29, 1.82) is 0 Å². The first-order chi connectivity index (χ1) is 24.6. The average Bonchev–Trinajstić information content (AvgIpc) is 3.04. The number of carbonyl (C=O) groups excluding carboxylic acids is 5. The molecule has 53 heavy (non-hydrogen) atoms. The van der Waals surface area contributed by atoms with Gasteiger partial charge in [0, 0.05) is 13.0 Å². The number of carbonyl (C=O) groups is 7. The van der Waals surface area contributed by atoms with Gasteiger partial charge in [0.2, 0.25) is 29.5 Å². The molecule has 0 aliphatic heterocycles. The van der Waals surface area contributed by atoms with Crippen molar-refractivity contribution in [2.45, 2.75) is 143 Å². The zero-order chi connectivity index (χ0) is 41.0. The molecule has 0 aliphatic rings. The highest BCUT2D eigenvalue weighted by Gasteiger charge is 2.35. The number of nitrogens with zero attached hydrogens (tertiary/aromatic N) is 1. The highest BCUT2D eigenvalue weighted by Crippen LogP contribution is 2.14. The van der Waals surface area contributed by atoms with Crippen molar-refractivity contribution in [2.75, 3.05) is 6.54 Å². The van der Waals surface area contributed by atoms with Crippen molar-refractivity contribution >= 4 is 47.4 Å². The summed E-state index contributed by atoms with van der Waals surface area (Å²) in [6.45, 7) is 14.7. The van der Waals surface area contributed by atoms with Crippen molar-refractivity contribution in [1.82, 2.24) is 26.6 Å². The van der Waals surface area contributed by atoms with E-state index >= 15 is 0 Å². The number of guanidine groups is 1. The van der Waals surface area contributed by atoms with Crippen molar-refractivity contribution < 1.29 is 43.8 Å². The monoisotopic (exact) mass is 755 g/mol. The Morgan fingerprint density at radius 3 is 1.55 bits per heavy atom. The number of nitrogens with one attached hydrogen (secondary N) is 5. The van der Waals surface area contributed by atoms with E-state index in [-0.39, 0.29) is 62.4 Å². The van der Waals surface area contributed by atoms with Gasteiger partial charge in [0.25, 0.3) is 0 Å². The first-order valence-electron chi connectivity index (χ1n) is 18.4. The first kappa shape index (κ1) is 48.5. The smallest absolute Gasteiger partial charge is 0.326 e. The SMILES string of the molecule is CC[C@H](C)[C@H](NC(=O)[C@H](CCCN=C(N)N)NC(=O)[C@H](CCC(=O)O)NC(=O)[C@@H](N)CC(C)C)C(=O)N[C@@H](CC(C)C)C(=O)N[C@@H](CC(C)C)C(=O)O. The van der Waals surface area contributed by atoms with Gasteiger partial charge in [-0.1, -0.05) is 61.8 Å². The van der Waals surface area contributed by atoms with E-state index < -0.39 is 90.1 Å². The summed E-state index contributed by atoms with van der Waals surface area (Å²) in [4.78, 5) is 94.5. The highest BCUT2D eigenvalue weighted by molar-refractivity contribution is 5.96. The lowest BCUT2D eigenvalue weighted by molar-refractivity contribution is -0.143. The van der Waals surface area contributed by atoms with Crippen LogP contribution in [0.1, 0.15) is 107 Å². The molecule has 304 valence electrons. The molecule has 18 heteroatoms. The summed E-state index contributed by atoms with van der Waals surface area (Å²) in [6, 6.07) is -7.07.